The van der Waals surface area contributed by atoms with E-state index >= 15 is 0 Å². The summed E-state index contributed by atoms with van der Waals surface area (Å²) in [6, 6.07) is 5.51. The highest BCUT2D eigenvalue weighted by Gasteiger charge is 2.31. The Balaban J connectivity index is 2.93. The maximum absolute atomic E-state index is 11.9. The van der Waals surface area contributed by atoms with Crippen LogP contribution in [0.15, 0.2) is 24.3 Å². The lowest BCUT2D eigenvalue weighted by molar-refractivity contribution is -0.274. The van der Waals surface area contributed by atoms with E-state index in [1.165, 1.54) is 24.3 Å². The van der Waals surface area contributed by atoms with Crippen LogP contribution in [0.4, 0.5) is 18.9 Å². The first-order valence-electron chi connectivity index (χ1n) is 4.14. The molecule has 0 atom stereocenters. The lowest BCUT2D eigenvalue weighted by Gasteiger charge is -2.11. The second-order valence-corrected chi connectivity index (χ2v) is 2.81. The van der Waals surface area contributed by atoms with Crippen molar-refractivity contribution >= 4 is 11.8 Å². The number of nitriles is 1. The highest BCUT2D eigenvalue weighted by atomic mass is 19.4. The second-order valence-electron chi connectivity index (χ2n) is 2.81. The number of rotatable bonds is 2. The molecule has 0 saturated carbocycles. The number of hydrogen-bond acceptors (Lipinski definition) is 3. The molecule has 0 spiro atoms. The Labute approximate surface area is 89.5 Å². The van der Waals surface area contributed by atoms with E-state index in [-0.39, 0.29) is 5.69 Å². The van der Waals surface area contributed by atoms with Crippen molar-refractivity contribution in [2.75, 3.05) is 5.73 Å². The van der Waals surface area contributed by atoms with E-state index in [1.54, 1.807) is 6.07 Å². The molecule has 0 aromatic heterocycles. The van der Waals surface area contributed by atoms with Gasteiger partial charge in [-0.1, -0.05) is 6.07 Å². The Kier molecular flexibility index (Phi) is 3.40. The van der Waals surface area contributed by atoms with Crippen LogP contribution in [0.2, 0.25) is 0 Å². The summed E-state index contributed by atoms with van der Waals surface area (Å²) in [5, 5.41) is 8.26. The van der Waals surface area contributed by atoms with Crippen molar-refractivity contribution in [1.29, 1.82) is 5.26 Å². The summed E-state index contributed by atoms with van der Waals surface area (Å²) >= 11 is 0. The summed E-state index contributed by atoms with van der Waals surface area (Å²) in [5.41, 5.74) is 5.74. The summed E-state index contributed by atoms with van der Waals surface area (Å²) < 4.78 is 39.3. The molecule has 0 fully saturated rings. The highest BCUT2D eigenvalue weighted by Crippen LogP contribution is 2.29. The molecule has 0 radical (unpaired) electrons. The molecule has 0 heterocycles. The minimum atomic E-state index is -4.77. The molecule has 0 aliphatic heterocycles. The van der Waals surface area contributed by atoms with Crippen molar-refractivity contribution in [2.45, 2.75) is 6.36 Å². The zero-order valence-corrected chi connectivity index (χ0v) is 7.95. The van der Waals surface area contributed by atoms with Gasteiger partial charge in [-0.05, 0) is 23.8 Å². The van der Waals surface area contributed by atoms with Crippen LogP contribution >= 0.6 is 0 Å². The van der Waals surface area contributed by atoms with Crippen LogP contribution < -0.4 is 10.5 Å². The maximum atomic E-state index is 11.9. The number of hydrogen-bond donors (Lipinski definition) is 1. The molecule has 0 unspecified atom stereocenters. The number of ether oxygens (including phenoxy) is 1. The Morgan fingerprint density at radius 2 is 2.06 bits per heavy atom. The molecule has 0 saturated heterocycles. The summed E-state index contributed by atoms with van der Waals surface area (Å²) in [4.78, 5) is 0. The Morgan fingerprint density at radius 3 is 2.56 bits per heavy atom. The molecule has 1 aromatic rings. The van der Waals surface area contributed by atoms with Crippen molar-refractivity contribution in [3.63, 3.8) is 0 Å². The van der Waals surface area contributed by atoms with E-state index in [9.17, 15) is 13.2 Å². The quantitative estimate of drug-likeness (QED) is 0.625. The topological polar surface area (TPSA) is 59.0 Å². The van der Waals surface area contributed by atoms with Gasteiger partial charge >= 0.3 is 6.36 Å². The van der Waals surface area contributed by atoms with Gasteiger partial charge in [0.05, 0.1) is 11.8 Å². The van der Waals surface area contributed by atoms with Gasteiger partial charge in [-0.25, -0.2) is 0 Å². The zero-order valence-electron chi connectivity index (χ0n) is 7.95. The minimum absolute atomic E-state index is 0.141. The molecule has 0 aliphatic rings. The number of nitrogens with zero attached hydrogens (tertiary/aromatic N) is 1. The summed E-state index contributed by atoms with van der Waals surface area (Å²) in [7, 11) is 0. The van der Waals surface area contributed by atoms with Gasteiger partial charge in [0.2, 0.25) is 0 Å². The predicted octanol–water partition coefficient (Wildman–Crippen LogP) is 2.70. The largest absolute Gasteiger partial charge is 0.573 e. The van der Waals surface area contributed by atoms with Crippen LogP contribution in [0.5, 0.6) is 5.75 Å². The van der Waals surface area contributed by atoms with Crippen LogP contribution in [0, 0.1) is 11.3 Å². The lowest BCUT2D eigenvalue weighted by Crippen LogP contribution is -2.18. The van der Waals surface area contributed by atoms with Gasteiger partial charge in [0.25, 0.3) is 0 Å². The van der Waals surface area contributed by atoms with Gasteiger partial charge in [-0.15, -0.1) is 13.2 Å². The summed E-state index contributed by atoms with van der Waals surface area (Å²) in [6.45, 7) is 0. The fourth-order valence-corrected chi connectivity index (χ4v) is 1.02. The van der Waals surface area contributed by atoms with Crippen LogP contribution in [-0.4, -0.2) is 6.36 Å². The lowest BCUT2D eigenvalue weighted by atomic mass is 10.2. The van der Waals surface area contributed by atoms with Gasteiger partial charge in [-0.3, -0.25) is 0 Å². The Bertz CT molecular complexity index is 446. The highest BCUT2D eigenvalue weighted by molar-refractivity contribution is 5.62. The number of benzene rings is 1. The third-order valence-corrected chi connectivity index (χ3v) is 1.61. The predicted molar refractivity (Wildman–Crippen MR) is 52.2 cm³/mol. The molecule has 1 aromatic carbocycles. The van der Waals surface area contributed by atoms with Crippen LogP contribution in [0.25, 0.3) is 6.08 Å². The van der Waals surface area contributed by atoms with E-state index < -0.39 is 12.1 Å². The van der Waals surface area contributed by atoms with Crippen molar-refractivity contribution in [2.24, 2.45) is 0 Å². The van der Waals surface area contributed by atoms with Gasteiger partial charge in [0.15, 0.2) is 5.75 Å². The van der Waals surface area contributed by atoms with E-state index in [0.717, 1.165) is 6.07 Å². The molecule has 3 nitrogen and oxygen atoms in total. The Morgan fingerprint density at radius 1 is 1.38 bits per heavy atom. The number of nitrogens with two attached hydrogens (primary N) is 1. The van der Waals surface area contributed by atoms with E-state index in [1.807, 2.05) is 0 Å². The smallest absolute Gasteiger partial charge is 0.404 e. The zero-order chi connectivity index (χ0) is 12.2. The molecule has 1 rings (SSSR count). The molecule has 2 N–H and O–H groups in total. The third kappa shape index (κ3) is 3.53. The molecule has 0 aliphatic carbocycles. The van der Waals surface area contributed by atoms with Gasteiger partial charge in [0.1, 0.15) is 0 Å². The van der Waals surface area contributed by atoms with Crippen molar-refractivity contribution in [3.8, 4) is 11.8 Å². The average molecular weight is 228 g/mol. The molecule has 0 bridgehead atoms. The third-order valence-electron chi connectivity index (χ3n) is 1.61. The molecule has 16 heavy (non-hydrogen) atoms. The average Bonchev–Trinajstić information content (AvgIpc) is 2.17. The van der Waals surface area contributed by atoms with Crippen molar-refractivity contribution in [3.05, 3.63) is 29.8 Å². The van der Waals surface area contributed by atoms with Crippen molar-refractivity contribution < 1.29 is 17.9 Å². The molecular weight excluding hydrogens is 221 g/mol. The Hall–Kier alpha value is -2.16. The number of allylic oxidation sites excluding steroid dienone is 1. The van der Waals surface area contributed by atoms with Crippen molar-refractivity contribution in [1.82, 2.24) is 0 Å². The molecule has 6 heteroatoms. The first-order valence-corrected chi connectivity index (χ1v) is 4.14. The first kappa shape index (κ1) is 11.9. The van der Waals surface area contributed by atoms with Crippen LogP contribution in [0.1, 0.15) is 5.56 Å². The van der Waals surface area contributed by atoms with E-state index in [2.05, 4.69) is 4.74 Å². The van der Waals surface area contributed by atoms with Gasteiger partial charge in [-0.2, -0.15) is 5.26 Å². The molecule has 84 valence electrons. The van der Waals surface area contributed by atoms with E-state index in [4.69, 9.17) is 11.0 Å². The second kappa shape index (κ2) is 4.57. The molecular formula is C10H7F3N2O. The van der Waals surface area contributed by atoms with E-state index in [0.29, 0.717) is 5.56 Å². The first-order chi connectivity index (χ1) is 7.42. The SMILES string of the molecule is N#CC=Cc1ccc(OC(F)(F)F)c(N)c1. The number of halogens is 3. The summed E-state index contributed by atoms with van der Waals surface area (Å²) in [6.07, 6.45) is -2.15. The maximum Gasteiger partial charge on any atom is 0.573 e. The monoisotopic (exact) mass is 228 g/mol. The molecule has 0 amide bonds. The summed E-state index contributed by atoms with van der Waals surface area (Å²) in [5.74, 6) is -0.457. The number of anilines is 1. The number of alkyl halides is 3. The minimum Gasteiger partial charge on any atom is -0.404 e. The normalized spacial score (nSPS) is 11.4. The fraction of sp³-hybridized carbons (Fsp3) is 0.100. The number of nitrogen functional groups attached to an aromatic ring is 1. The van der Waals surface area contributed by atoms with Crippen LogP contribution in [-0.2, 0) is 0 Å². The van der Waals surface area contributed by atoms with Gasteiger partial charge < -0.3 is 10.5 Å². The standard InChI is InChI=1S/C10H7F3N2O/c11-10(12,13)16-9-4-3-7(2-1-5-14)6-8(9)15/h1-4,6H,15H2. The van der Waals surface area contributed by atoms with Crippen LogP contribution in [0.3, 0.4) is 0 Å². The fourth-order valence-electron chi connectivity index (χ4n) is 1.02. The van der Waals surface area contributed by atoms with Gasteiger partial charge in [0, 0.05) is 6.08 Å².